The molecule has 0 spiro atoms. The lowest BCUT2D eigenvalue weighted by Crippen LogP contribution is -2.30. The van der Waals surface area contributed by atoms with E-state index in [-0.39, 0.29) is 31.1 Å². The van der Waals surface area contributed by atoms with Crippen LogP contribution < -0.4 is 0 Å². The van der Waals surface area contributed by atoms with Gasteiger partial charge in [0.05, 0.1) is 0 Å². The van der Waals surface area contributed by atoms with Gasteiger partial charge in [-0.3, -0.25) is 14.4 Å². The normalized spacial score (nSPS) is 12.2. The zero-order valence-corrected chi connectivity index (χ0v) is 47.8. The highest BCUT2D eigenvalue weighted by Crippen LogP contribution is 2.18. The number of carbonyl (C=O) groups excluding carboxylic acids is 3. The number of hydrogen-bond acceptors (Lipinski definition) is 6. The fourth-order valence-electron chi connectivity index (χ4n) is 9.34. The van der Waals surface area contributed by atoms with Gasteiger partial charge in [-0.25, -0.2) is 0 Å². The predicted octanol–water partition coefficient (Wildman–Crippen LogP) is 21.2. The Kier molecular flexibility index (Phi) is 58.2. The summed E-state index contributed by atoms with van der Waals surface area (Å²) in [5, 5.41) is 0. The molecule has 0 fully saturated rings. The zero-order chi connectivity index (χ0) is 51.4. The molecule has 0 radical (unpaired) electrons. The Labute approximate surface area is 442 Å². The van der Waals surface area contributed by atoms with Crippen molar-refractivity contribution in [2.45, 2.75) is 348 Å². The third-order valence-electron chi connectivity index (χ3n) is 14.1. The molecule has 0 aliphatic heterocycles. The van der Waals surface area contributed by atoms with E-state index in [2.05, 4.69) is 57.2 Å². The molecule has 0 N–H and O–H groups in total. The Morgan fingerprint density at radius 2 is 0.521 bits per heavy atom. The number of rotatable bonds is 58. The minimum absolute atomic E-state index is 0.0769. The summed E-state index contributed by atoms with van der Waals surface area (Å²) >= 11 is 0. The second-order valence-electron chi connectivity index (χ2n) is 21.3. The van der Waals surface area contributed by atoms with Crippen molar-refractivity contribution in [3.8, 4) is 0 Å². The smallest absolute Gasteiger partial charge is 0.306 e. The van der Waals surface area contributed by atoms with Crippen LogP contribution in [0.25, 0.3) is 0 Å². The first kappa shape index (κ1) is 68.6. The molecule has 0 aliphatic rings. The van der Waals surface area contributed by atoms with E-state index in [0.29, 0.717) is 19.3 Å². The lowest BCUT2D eigenvalue weighted by molar-refractivity contribution is -0.167. The molecule has 0 saturated heterocycles. The second-order valence-corrected chi connectivity index (χ2v) is 21.3. The molecule has 0 bridgehead atoms. The van der Waals surface area contributed by atoms with E-state index >= 15 is 0 Å². The molecule has 0 amide bonds. The summed E-state index contributed by atoms with van der Waals surface area (Å²) in [4.78, 5) is 38.2. The summed E-state index contributed by atoms with van der Waals surface area (Å²) < 4.78 is 16.9. The van der Waals surface area contributed by atoms with Crippen molar-refractivity contribution in [3.05, 3.63) is 36.5 Å². The van der Waals surface area contributed by atoms with Gasteiger partial charge in [-0.15, -0.1) is 0 Å². The van der Waals surface area contributed by atoms with E-state index in [9.17, 15) is 14.4 Å². The summed E-state index contributed by atoms with van der Waals surface area (Å²) in [5.41, 5.74) is 0. The number of ether oxygens (including phenoxy) is 3. The van der Waals surface area contributed by atoms with Gasteiger partial charge >= 0.3 is 17.9 Å². The van der Waals surface area contributed by atoms with Crippen molar-refractivity contribution >= 4 is 17.9 Å². The summed E-state index contributed by atoms with van der Waals surface area (Å²) in [6.07, 6.45) is 73.1. The Balaban J connectivity index is 4.16. The molecule has 416 valence electrons. The average molecular weight is 998 g/mol. The standard InChI is InChI=1S/C65H120O6/c1-4-7-10-13-16-19-22-25-27-28-29-30-31-32-33-34-35-36-37-38-39-41-43-46-49-52-55-58-64(67)70-61-62(60-69-63(66)57-54-51-48-45-42-24-21-18-15-12-9-6-3)71-65(68)59-56-53-50-47-44-40-26-23-20-17-14-11-8-5-2/h14,17-18,21,23,26,62H,4-13,15-16,19-20,22,24-25,27-61H2,1-3H3/b17-14-,21-18-,26-23-. The first-order valence-electron chi connectivity index (χ1n) is 31.5. The Bertz CT molecular complexity index is 1190. The monoisotopic (exact) mass is 997 g/mol. The van der Waals surface area contributed by atoms with Crippen LogP contribution in [-0.4, -0.2) is 37.2 Å². The minimum atomic E-state index is -0.780. The Morgan fingerprint density at radius 3 is 0.859 bits per heavy atom. The summed E-state index contributed by atoms with van der Waals surface area (Å²) in [6, 6.07) is 0. The van der Waals surface area contributed by atoms with Crippen molar-refractivity contribution in [1.82, 2.24) is 0 Å². The Hall–Kier alpha value is -2.37. The van der Waals surface area contributed by atoms with Gasteiger partial charge in [-0.05, 0) is 70.6 Å². The van der Waals surface area contributed by atoms with Gasteiger partial charge in [0.2, 0.25) is 0 Å². The van der Waals surface area contributed by atoms with Gasteiger partial charge in [0.1, 0.15) is 13.2 Å². The Morgan fingerprint density at radius 1 is 0.282 bits per heavy atom. The summed E-state index contributed by atoms with van der Waals surface area (Å²) in [7, 11) is 0. The fourth-order valence-corrected chi connectivity index (χ4v) is 9.34. The molecular formula is C65H120O6. The minimum Gasteiger partial charge on any atom is -0.462 e. The van der Waals surface area contributed by atoms with Gasteiger partial charge in [0, 0.05) is 19.3 Å². The topological polar surface area (TPSA) is 78.9 Å². The molecule has 0 aromatic carbocycles. The number of hydrogen-bond donors (Lipinski definition) is 0. The van der Waals surface area contributed by atoms with Crippen LogP contribution in [0.3, 0.4) is 0 Å². The first-order chi connectivity index (χ1) is 35.0. The maximum absolute atomic E-state index is 12.8. The lowest BCUT2D eigenvalue weighted by Gasteiger charge is -2.18. The highest BCUT2D eigenvalue weighted by atomic mass is 16.6. The van der Waals surface area contributed by atoms with E-state index in [4.69, 9.17) is 14.2 Å². The number of esters is 3. The van der Waals surface area contributed by atoms with Crippen LogP contribution in [-0.2, 0) is 28.6 Å². The SMILES string of the molecule is CCCC/C=C\C/C=C\CCCCCCCC(=O)OC(COC(=O)CCCCCCC/C=C\CCCCC)COC(=O)CCCCCCCCCCCCCCCCCCCCCCCCCCCCC. The number of carbonyl (C=O) groups is 3. The van der Waals surface area contributed by atoms with E-state index < -0.39 is 6.10 Å². The van der Waals surface area contributed by atoms with Crippen LogP contribution in [0.5, 0.6) is 0 Å². The second kappa shape index (κ2) is 60.2. The van der Waals surface area contributed by atoms with Gasteiger partial charge in [-0.2, -0.15) is 0 Å². The van der Waals surface area contributed by atoms with Gasteiger partial charge in [0.15, 0.2) is 6.10 Å². The first-order valence-corrected chi connectivity index (χ1v) is 31.5. The molecule has 0 aromatic rings. The molecule has 6 nitrogen and oxygen atoms in total. The molecule has 0 heterocycles. The highest BCUT2D eigenvalue weighted by Gasteiger charge is 2.19. The number of unbranched alkanes of at least 4 members (excludes halogenated alkanes) is 41. The van der Waals surface area contributed by atoms with Gasteiger partial charge in [-0.1, -0.05) is 288 Å². The molecule has 0 aromatic heterocycles. The molecule has 6 heteroatoms. The van der Waals surface area contributed by atoms with Crippen molar-refractivity contribution in [2.75, 3.05) is 13.2 Å². The third kappa shape index (κ3) is 58.4. The fraction of sp³-hybridized carbons (Fsp3) is 0.862. The molecule has 71 heavy (non-hydrogen) atoms. The predicted molar refractivity (Wildman–Crippen MR) is 307 cm³/mol. The molecule has 0 aliphatic carbocycles. The molecule has 0 rings (SSSR count). The van der Waals surface area contributed by atoms with Crippen LogP contribution in [0.4, 0.5) is 0 Å². The highest BCUT2D eigenvalue weighted by molar-refractivity contribution is 5.71. The van der Waals surface area contributed by atoms with Crippen molar-refractivity contribution in [2.24, 2.45) is 0 Å². The lowest BCUT2D eigenvalue weighted by atomic mass is 10.0. The van der Waals surface area contributed by atoms with Gasteiger partial charge < -0.3 is 14.2 Å². The maximum atomic E-state index is 12.8. The average Bonchev–Trinajstić information content (AvgIpc) is 3.37. The largest absolute Gasteiger partial charge is 0.462 e. The van der Waals surface area contributed by atoms with Gasteiger partial charge in [0.25, 0.3) is 0 Å². The van der Waals surface area contributed by atoms with E-state index in [0.717, 1.165) is 89.9 Å². The van der Waals surface area contributed by atoms with Crippen LogP contribution in [0.15, 0.2) is 36.5 Å². The van der Waals surface area contributed by atoms with Crippen LogP contribution >= 0.6 is 0 Å². The quantitative estimate of drug-likeness (QED) is 0.0261. The third-order valence-corrected chi connectivity index (χ3v) is 14.1. The summed E-state index contributed by atoms with van der Waals surface area (Å²) in [5.74, 6) is -0.882. The zero-order valence-electron chi connectivity index (χ0n) is 47.8. The molecule has 1 atom stereocenters. The van der Waals surface area contributed by atoms with Crippen molar-refractivity contribution in [1.29, 1.82) is 0 Å². The van der Waals surface area contributed by atoms with Crippen molar-refractivity contribution in [3.63, 3.8) is 0 Å². The van der Waals surface area contributed by atoms with Crippen molar-refractivity contribution < 1.29 is 28.6 Å². The van der Waals surface area contributed by atoms with E-state index in [1.807, 2.05) is 0 Å². The maximum Gasteiger partial charge on any atom is 0.306 e. The molecule has 1 unspecified atom stereocenters. The van der Waals surface area contributed by atoms with Crippen LogP contribution in [0.1, 0.15) is 342 Å². The molecule has 0 saturated carbocycles. The van der Waals surface area contributed by atoms with Crippen LogP contribution in [0.2, 0.25) is 0 Å². The number of allylic oxidation sites excluding steroid dienone is 6. The molecular weight excluding hydrogens is 877 g/mol. The van der Waals surface area contributed by atoms with E-state index in [1.54, 1.807) is 0 Å². The summed E-state index contributed by atoms with van der Waals surface area (Å²) in [6.45, 7) is 6.60. The van der Waals surface area contributed by atoms with E-state index in [1.165, 1.54) is 212 Å². The van der Waals surface area contributed by atoms with Crippen LogP contribution in [0, 0.1) is 0 Å².